The first kappa shape index (κ1) is 13.0. The number of aliphatic hydroxyl groups is 3. The quantitative estimate of drug-likeness (QED) is 0.398. The summed E-state index contributed by atoms with van der Waals surface area (Å²) in [4.78, 5) is 21.8. The molecular formula is C10H13N5O5. The normalized spacial score (nSPS) is 30.1. The van der Waals surface area contributed by atoms with E-state index in [-0.39, 0.29) is 17.1 Å². The van der Waals surface area contributed by atoms with Crippen molar-refractivity contribution >= 4 is 17.1 Å². The molecule has 10 heteroatoms. The fourth-order valence-electron chi connectivity index (χ4n) is 2.24. The van der Waals surface area contributed by atoms with Crippen molar-refractivity contribution in [3.8, 4) is 0 Å². The van der Waals surface area contributed by atoms with Crippen molar-refractivity contribution in [2.24, 2.45) is 0 Å². The van der Waals surface area contributed by atoms with Crippen molar-refractivity contribution in [3.05, 3.63) is 16.7 Å². The maximum Gasteiger partial charge on any atom is 0.280 e. The van der Waals surface area contributed by atoms with Crippen molar-refractivity contribution in [1.29, 1.82) is 0 Å². The van der Waals surface area contributed by atoms with Crippen molar-refractivity contribution in [2.75, 3.05) is 12.3 Å². The molecule has 10 nitrogen and oxygen atoms in total. The molecule has 0 bridgehead atoms. The second-order valence-corrected chi connectivity index (χ2v) is 4.50. The Balaban J connectivity index is 2.09. The lowest BCUT2D eigenvalue weighted by atomic mass is 10.1. The van der Waals surface area contributed by atoms with Gasteiger partial charge in [0.1, 0.15) is 18.3 Å². The van der Waals surface area contributed by atoms with Gasteiger partial charge in [0, 0.05) is 0 Å². The lowest BCUT2D eigenvalue weighted by molar-refractivity contribution is -0.0511. The third-order valence-electron chi connectivity index (χ3n) is 3.24. The van der Waals surface area contributed by atoms with Gasteiger partial charge in [-0.25, -0.2) is 4.98 Å². The number of fused-ring (bicyclic) bond motifs is 1. The van der Waals surface area contributed by atoms with E-state index in [0.717, 1.165) is 0 Å². The summed E-state index contributed by atoms with van der Waals surface area (Å²) in [6.07, 6.45) is -3.21. The standard InChI is InChI=1S/C10H13N5O5/c11-10-13-7-4(8(19)14-10)12-2-15(7)9-6(18)5(17)3(1-16)20-9/h2-3,5-6,9,16-18H,1H2,(H3,11,13,14,19)/t3-,5-,6?,9-/m1/s1. The van der Waals surface area contributed by atoms with E-state index in [2.05, 4.69) is 15.0 Å². The number of ether oxygens (including phenoxy) is 1. The van der Waals surface area contributed by atoms with E-state index in [0.29, 0.717) is 0 Å². The number of hydrogen-bond acceptors (Lipinski definition) is 8. The lowest BCUT2D eigenvalue weighted by Crippen LogP contribution is -2.33. The number of imidazole rings is 1. The van der Waals surface area contributed by atoms with Gasteiger partial charge in [-0.2, -0.15) is 4.98 Å². The summed E-state index contributed by atoms with van der Waals surface area (Å²) in [7, 11) is 0. The van der Waals surface area contributed by atoms with Crippen molar-refractivity contribution < 1.29 is 20.1 Å². The van der Waals surface area contributed by atoms with Crippen LogP contribution in [0.5, 0.6) is 0 Å². The van der Waals surface area contributed by atoms with Gasteiger partial charge < -0.3 is 25.8 Å². The molecule has 0 saturated carbocycles. The molecule has 0 aromatic carbocycles. The summed E-state index contributed by atoms with van der Waals surface area (Å²) < 4.78 is 6.64. The third-order valence-corrected chi connectivity index (χ3v) is 3.24. The zero-order chi connectivity index (χ0) is 14.4. The Morgan fingerprint density at radius 1 is 1.45 bits per heavy atom. The summed E-state index contributed by atoms with van der Waals surface area (Å²) in [6, 6.07) is 0. The molecule has 1 saturated heterocycles. The number of anilines is 1. The van der Waals surface area contributed by atoms with Crippen LogP contribution in [0, 0.1) is 0 Å². The highest BCUT2D eigenvalue weighted by Crippen LogP contribution is 2.30. The highest BCUT2D eigenvalue weighted by molar-refractivity contribution is 5.70. The number of H-pyrrole nitrogens is 1. The molecule has 108 valence electrons. The topological polar surface area (TPSA) is 160 Å². The molecule has 3 rings (SSSR count). The molecule has 1 aliphatic rings. The molecule has 6 N–H and O–H groups in total. The zero-order valence-corrected chi connectivity index (χ0v) is 10.2. The highest BCUT2D eigenvalue weighted by atomic mass is 16.6. The molecule has 0 spiro atoms. The first-order valence-corrected chi connectivity index (χ1v) is 5.87. The smallest absolute Gasteiger partial charge is 0.280 e. The van der Waals surface area contributed by atoms with Crippen LogP contribution in [0.4, 0.5) is 5.95 Å². The zero-order valence-electron chi connectivity index (χ0n) is 10.2. The van der Waals surface area contributed by atoms with Crippen LogP contribution in [0.2, 0.25) is 0 Å². The molecule has 0 amide bonds. The Hall–Kier alpha value is -2.01. The van der Waals surface area contributed by atoms with Crippen LogP contribution in [0.3, 0.4) is 0 Å². The van der Waals surface area contributed by atoms with Crippen LogP contribution in [0.25, 0.3) is 11.2 Å². The van der Waals surface area contributed by atoms with Gasteiger partial charge in [0.15, 0.2) is 17.4 Å². The molecule has 2 aromatic heterocycles. The van der Waals surface area contributed by atoms with Crippen LogP contribution in [0.1, 0.15) is 6.23 Å². The average molecular weight is 283 g/mol. The molecule has 1 aliphatic heterocycles. The number of rotatable bonds is 2. The molecule has 0 aliphatic carbocycles. The van der Waals surface area contributed by atoms with Gasteiger partial charge in [0.25, 0.3) is 5.56 Å². The molecule has 2 aromatic rings. The fourth-order valence-corrected chi connectivity index (χ4v) is 2.24. The van der Waals surface area contributed by atoms with Crippen molar-refractivity contribution in [2.45, 2.75) is 24.5 Å². The summed E-state index contributed by atoms with van der Waals surface area (Å²) in [5.41, 5.74) is 5.12. The summed E-state index contributed by atoms with van der Waals surface area (Å²) >= 11 is 0. The minimum absolute atomic E-state index is 0.0388. The van der Waals surface area contributed by atoms with E-state index in [1.54, 1.807) is 0 Å². The number of aliphatic hydroxyl groups excluding tert-OH is 3. The third kappa shape index (κ3) is 1.78. The number of nitrogens with zero attached hydrogens (tertiary/aromatic N) is 3. The van der Waals surface area contributed by atoms with Gasteiger partial charge in [-0.1, -0.05) is 0 Å². The predicted molar refractivity (Wildman–Crippen MR) is 65.6 cm³/mol. The summed E-state index contributed by atoms with van der Waals surface area (Å²) in [6.45, 7) is -0.447. The van der Waals surface area contributed by atoms with Gasteiger partial charge in [-0.15, -0.1) is 0 Å². The van der Waals surface area contributed by atoms with Gasteiger partial charge in [0.2, 0.25) is 5.95 Å². The van der Waals surface area contributed by atoms with Crippen molar-refractivity contribution in [1.82, 2.24) is 19.5 Å². The van der Waals surface area contributed by atoms with Crippen LogP contribution in [-0.4, -0.2) is 59.8 Å². The summed E-state index contributed by atoms with van der Waals surface area (Å²) in [5, 5.41) is 28.7. The largest absolute Gasteiger partial charge is 0.394 e. The monoisotopic (exact) mass is 283 g/mol. The number of aromatic nitrogens is 4. The first-order valence-electron chi connectivity index (χ1n) is 5.87. The Kier molecular flexibility index (Phi) is 2.94. The molecule has 0 radical (unpaired) electrons. The maximum absolute atomic E-state index is 11.7. The molecule has 3 heterocycles. The van der Waals surface area contributed by atoms with Crippen LogP contribution in [0.15, 0.2) is 11.1 Å². The summed E-state index contributed by atoms with van der Waals surface area (Å²) in [5.74, 6) is -0.101. The Labute approximate surface area is 111 Å². The molecule has 1 unspecified atom stereocenters. The highest BCUT2D eigenvalue weighted by Gasteiger charge is 2.44. The number of hydrogen-bond donors (Lipinski definition) is 5. The van der Waals surface area contributed by atoms with E-state index < -0.39 is 36.7 Å². The first-order chi connectivity index (χ1) is 9.52. The Bertz CT molecular complexity index is 697. The molecule has 20 heavy (non-hydrogen) atoms. The number of nitrogens with two attached hydrogens (primary N) is 1. The SMILES string of the molecule is Nc1nc2c(ncn2[C@@H]2O[C@H](CO)[C@@H](O)C2O)c(=O)[nH]1. The van der Waals surface area contributed by atoms with Crippen LogP contribution < -0.4 is 11.3 Å². The lowest BCUT2D eigenvalue weighted by Gasteiger charge is -2.16. The van der Waals surface area contributed by atoms with Crippen molar-refractivity contribution in [3.63, 3.8) is 0 Å². The fraction of sp³-hybridized carbons (Fsp3) is 0.500. The van der Waals surface area contributed by atoms with Gasteiger partial charge in [-0.05, 0) is 0 Å². The molecular weight excluding hydrogens is 270 g/mol. The van der Waals surface area contributed by atoms with Gasteiger partial charge in [0.05, 0.1) is 12.9 Å². The molecule has 4 atom stereocenters. The number of nitrogens with one attached hydrogen (secondary N) is 1. The minimum atomic E-state index is -1.29. The Morgan fingerprint density at radius 2 is 2.20 bits per heavy atom. The average Bonchev–Trinajstić information content (AvgIpc) is 2.93. The van der Waals surface area contributed by atoms with E-state index in [1.807, 2.05) is 0 Å². The minimum Gasteiger partial charge on any atom is -0.394 e. The van der Waals surface area contributed by atoms with E-state index >= 15 is 0 Å². The maximum atomic E-state index is 11.7. The van der Waals surface area contributed by atoms with E-state index in [1.165, 1.54) is 10.9 Å². The number of aromatic amines is 1. The molecule has 1 fully saturated rings. The van der Waals surface area contributed by atoms with Crippen LogP contribution in [-0.2, 0) is 4.74 Å². The number of nitrogen functional groups attached to an aromatic ring is 1. The van der Waals surface area contributed by atoms with E-state index in [4.69, 9.17) is 15.6 Å². The van der Waals surface area contributed by atoms with Crippen LogP contribution >= 0.6 is 0 Å². The Morgan fingerprint density at radius 3 is 2.85 bits per heavy atom. The predicted octanol–water partition coefficient (Wildman–Crippen LogP) is -2.69. The van der Waals surface area contributed by atoms with Gasteiger partial charge >= 0.3 is 0 Å². The van der Waals surface area contributed by atoms with Gasteiger partial charge in [-0.3, -0.25) is 14.3 Å². The second-order valence-electron chi connectivity index (χ2n) is 4.50. The second kappa shape index (κ2) is 4.52. The van der Waals surface area contributed by atoms with E-state index in [9.17, 15) is 15.0 Å².